The lowest BCUT2D eigenvalue weighted by molar-refractivity contribution is -0.0289. The Bertz CT molecular complexity index is 1290. The van der Waals surface area contributed by atoms with Gasteiger partial charge in [0.05, 0.1) is 12.4 Å². The largest absolute Gasteiger partial charge is 0.387 e. The van der Waals surface area contributed by atoms with Crippen molar-refractivity contribution >= 4 is 28.7 Å². The zero-order valence-corrected chi connectivity index (χ0v) is 19.7. The van der Waals surface area contributed by atoms with E-state index in [1.807, 2.05) is 36.4 Å². The second-order valence-corrected chi connectivity index (χ2v) is 9.95. The smallest absolute Gasteiger partial charge is 0.193 e. The van der Waals surface area contributed by atoms with E-state index >= 15 is 0 Å². The predicted octanol–water partition coefficient (Wildman–Crippen LogP) is 3.25. The molecule has 1 aromatic carbocycles. The molecule has 1 saturated heterocycles. The van der Waals surface area contributed by atoms with Crippen LogP contribution in [0.1, 0.15) is 31.9 Å². The summed E-state index contributed by atoms with van der Waals surface area (Å²) in [6, 6.07) is 12.0. The molecule has 4 atom stereocenters. The van der Waals surface area contributed by atoms with Crippen LogP contribution in [0.5, 0.6) is 0 Å². The summed E-state index contributed by atoms with van der Waals surface area (Å²) in [4.78, 5) is 13.2. The van der Waals surface area contributed by atoms with Gasteiger partial charge in [-0.25, -0.2) is 15.0 Å². The first kappa shape index (κ1) is 22.5. The SMILES string of the molecule is O[C@@H]1[C@H](O)[C@H](CSc2cc(-c3ccccc3)no2)O[C@H]1n1cnc2c(NC3CCCC3)ncnc21. The van der Waals surface area contributed by atoms with Crippen molar-refractivity contribution in [1.29, 1.82) is 0 Å². The van der Waals surface area contributed by atoms with Gasteiger partial charge in [0.25, 0.3) is 0 Å². The number of ether oxygens (including phenoxy) is 1. The quantitative estimate of drug-likeness (QED) is 0.329. The predicted molar refractivity (Wildman–Crippen MR) is 130 cm³/mol. The number of thioether (sulfide) groups is 1. The van der Waals surface area contributed by atoms with Crippen molar-refractivity contribution in [3.63, 3.8) is 0 Å². The number of anilines is 1. The normalized spacial score (nSPS) is 25.0. The highest BCUT2D eigenvalue weighted by Crippen LogP contribution is 2.35. The number of aliphatic hydroxyl groups is 2. The minimum absolute atomic E-state index is 0.383. The van der Waals surface area contributed by atoms with Gasteiger partial charge in [0, 0.05) is 23.4 Å². The summed E-state index contributed by atoms with van der Waals surface area (Å²) in [6.45, 7) is 0. The number of fused-ring (bicyclic) bond motifs is 1. The van der Waals surface area contributed by atoms with Crippen molar-refractivity contribution in [2.24, 2.45) is 0 Å². The molecular weight excluding hydrogens is 468 g/mol. The first-order valence-corrected chi connectivity index (χ1v) is 12.8. The van der Waals surface area contributed by atoms with Gasteiger partial charge in [0.2, 0.25) is 0 Å². The summed E-state index contributed by atoms with van der Waals surface area (Å²) >= 11 is 1.38. The molecule has 1 aliphatic carbocycles. The Morgan fingerprint density at radius 3 is 2.71 bits per heavy atom. The highest BCUT2D eigenvalue weighted by atomic mass is 32.2. The Kier molecular flexibility index (Phi) is 6.15. The van der Waals surface area contributed by atoms with Crippen molar-refractivity contribution in [2.75, 3.05) is 11.1 Å². The van der Waals surface area contributed by atoms with Crippen molar-refractivity contribution in [1.82, 2.24) is 24.7 Å². The second-order valence-electron chi connectivity index (χ2n) is 8.93. The van der Waals surface area contributed by atoms with Crippen LogP contribution in [0.25, 0.3) is 22.4 Å². The molecule has 0 bridgehead atoms. The molecule has 4 aromatic rings. The molecule has 0 spiro atoms. The van der Waals surface area contributed by atoms with E-state index in [1.165, 1.54) is 30.9 Å². The number of aromatic nitrogens is 5. The van der Waals surface area contributed by atoms with Crippen LogP contribution in [-0.2, 0) is 4.74 Å². The fourth-order valence-electron chi connectivity index (χ4n) is 4.74. The standard InChI is InChI=1S/C24H26N6O4S/c31-20-17(11-35-18-10-16(29-34-18)14-6-2-1-3-7-14)33-24(21(20)32)30-13-27-19-22(25-12-26-23(19)30)28-15-8-4-5-9-15/h1-3,6-7,10,12-13,15,17,20-21,24,31-32H,4-5,8-9,11H2,(H,25,26,28)/t17-,20+,21+,24+/m0/s1. The third kappa shape index (κ3) is 4.40. The second kappa shape index (κ2) is 9.57. The number of benzene rings is 1. The van der Waals surface area contributed by atoms with Crippen molar-refractivity contribution < 1.29 is 19.5 Å². The topological polar surface area (TPSA) is 131 Å². The molecule has 6 rings (SSSR count). The molecule has 10 nitrogen and oxygen atoms in total. The Labute approximate surface area is 205 Å². The van der Waals surface area contributed by atoms with Crippen LogP contribution in [0.4, 0.5) is 5.82 Å². The number of imidazole rings is 1. The molecular formula is C24H26N6O4S. The highest BCUT2D eigenvalue weighted by molar-refractivity contribution is 7.99. The average molecular weight is 495 g/mol. The maximum atomic E-state index is 10.8. The van der Waals surface area contributed by atoms with Crippen LogP contribution in [0.2, 0.25) is 0 Å². The number of hydrogen-bond acceptors (Lipinski definition) is 10. The Morgan fingerprint density at radius 1 is 1.06 bits per heavy atom. The first-order chi connectivity index (χ1) is 17.2. The minimum Gasteiger partial charge on any atom is -0.387 e. The molecule has 0 radical (unpaired) electrons. The molecule has 2 fully saturated rings. The van der Waals surface area contributed by atoms with Crippen LogP contribution in [-0.4, -0.2) is 65.0 Å². The number of aliphatic hydroxyl groups excluding tert-OH is 2. The van der Waals surface area contributed by atoms with Gasteiger partial charge < -0.3 is 24.8 Å². The van der Waals surface area contributed by atoms with Gasteiger partial charge in [-0.05, 0) is 12.8 Å². The van der Waals surface area contributed by atoms with Crippen molar-refractivity contribution in [2.45, 2.75) is 61.4 Å². The van der Waals surface area contributed by atoms with Gasteiger partial charge in [-0.3, -0.25) is 4.57 Å². The molecule has 182 valence electrons. The lowest BCUT2D eigenvalue weighted by Crippen LogP contribution is -2.32. The van der Waals surface area contributed by atoms with Gasteiger partial charge in [-0.1, -0.05) is 60.1 Å². The monoisotopic (exact) mass is 494 g/mol. The van der Waals surface area contributed by atoms with Crippen molar-refractivity contribution in [3.05, 3.63) is 49.1 Å². The minimum atomic E-state index is -1.13. The van der Waals surface area contributed by atoms with Crippen LogP contribution < -0.4 is 5.32 Å². The maximum Gasteiger partial charge on any atom is 0.193 e. The number of nitrogens with zero attached hydrogens (tertiary/aromatic N) is 5. The molecule has 35 heavy (non-hydrogen) atoms. The Balaban J connectivity index is 1.15. The van der Waals surface area contributed by atoms with Gasteiger partial charge in [0.1, 0.15) is 24.2 Å². The van der Waals surface area contributed by atoms with E-state index in [4.69, 9.17) is 9.26 Å². The molecule has 1 aliphatic heterocycles. The number of nitrogens with one attached hydrogen (secondary N) is 1. The third-order valence-electron chi connectivity index (χ3n) is 6.61. The summed E-state index contributed by atoms with van der Waals surface area (Å²) in [5, 5.41) is 29.7. The van der Waals surface area contributed by atoms with E-state index in [-0.39, 0.29) is 0 Å². The number of rotatable bonds is 7. The van der Waals surface area contributed by atoms with E-state index in [2.05, 4.69) is 25.4 Å². The molecule has 4 heterocycles. The summed E-state index contributed by atoms with van der Waals surface area (Å²) in [5.74, 6) is 1.06. The molecule has 0 unspecified atom stereocenters. The van der Waals surface area contributed by atoms with E-state index in [0.29, 0.717) is 33.9 Å². The van der Waals surface area contributed by atoms with Gasteiger partial charge in [-0.2, -0.15) is 0 Å². The lowest BCUT2D eigenvalue weighted by Gasteiger charge is -2.17. The van der Waals surface area contributed by atoms with Crippen LogP contribution in [0.15, 0.2) is 58.7 Å². The van der Waals surface area contributed by atoms with E-state index in [9.17, 15) is 10.2 Å². The van der Waals surface area contributed by atoms with Crippen LogP contribution in [0.3, 0.4) is 0 Å². The molecule has 2 aliphatic rings. The molecule has 11 heteroatoms. The summed E-state index contributed by atoms with van der Waals surface area (Å²) in [7, 11) is 0. The molecule has 0 amide bonds. The number of hydrogen-bond donors (Lipinski definition) is 3. The van der Waals surface area contributed by atoms with Crippen molar-refractivity contribution in [3.8, 4) is 11.3 Å². The lowest BCUT2D eigenvalue weighted by atomic mass is 10.1. The summed E-state index contributed by atoms with van der Waals surface area (Å²) in [5.41, 5.74) is 2.88. The molecule has 3 aromatic heterocycles. The zero-order chi connectivity index (χ0) is 23.8. The van der Waals surface area contributed by atoms with E-state index in [0.717, 1.165) is 24.1 Å². The van der Waals surface area contributed by atoms with Crippen LogP contribution in [0, 0.1) is 0 Å². The Hall–Kier alpha value is -2.99. The van der Waals surface area contributed by atoms with E-state index in [1.54, 1.807) is 10.9 Å². The van der Waals surface area contributed by atoms with Gasteiger partial charge in [-0.15, -0.1) is 0 Å². The summed E-state index contributed by atoms with van der Waals surface area (Å²) < 4.78 is 13.2. The zero-order valence-electron chi connectivity index (χ0n) is 18.9. The Morgan fingerprint density at radius 2 is 1.89 bits per heavy atom. The maximum absolute atomic E-state index is 10.8. The first-order valence-electron chi connectivity index (χ1n) is 11.8. The fraction of sp³-hybridized carbons (Fsp3) is 0.417. The van der Waals surface area contributed by atoms with Gasteiger partial charge >= 0.3 is 0 Å². The van der Waals surface area contributed by atoms with Crippen LogP contribution >= 0.6 is 11.8 Å². The van der Waals surface area contributed by atoms with E-state index < -0.39 is 24.5 Å². The fourth-order valence-corrected chi connectivity index (χ4v) is 5.63. The molecule has 3 N–H and O–H groups in total. The van der Waals surface area contributed by atoms with Gasteiger partial charge in [0.15, 0.2) is 28.3 Å². The highest BCUT2D eigenvalue weighted by Gasteiger charge is 2.44. The molecule has 1 saturated carbocycles. The third-order valence-corrected chi connectivity index (χ3v) is 7.59. The summed E-state index contributed by atoms with van der Waals surface area (Å²) in [6.07, 6.45) is 4.08. The average Bonchev–Trinajstić information content (AvgIpc) is 3.68.